The molecule has 1 aromatic rings. The normalized spacial score (nSPS) is 22.9. The summed E-state index contributed by atoms with van der Waals surface area (Å²) >= 11 is 0. The van der Waals surface area contributed by atoms with E-state index in [9.17, 15) is 5.11 Å². The Morgan fingerprint density at radius 3 is 2.48 bits per heavy atom. The second-order valence-electron chi connectivity index (χ2n) is 8.47. The Kier molecular flexibility index (Phi) is 5.59. The summed E-state index contributed by atoms with van der Waals surface area (Å²) < 4.78 is 6.56. The van der Waals surface area contributed by atoms with Crippen LogP contribution in [0.5, 0.6) is 5.75 Å². The van der Waals surface area contributed by atoms with Crippen molar-refractivity contribution in [1.82, 2.24) is 5.32 Å². The van der Waals surface area contributed by atoms with Gasteiger partial charge in [0.25, 0.3) is 0 Å². The van der Waals surface area contributed by atoms with Gasteiger partial charge in [-0.05, 0) is 55.6 Å². The van der Waals surface area contributed by atoms with Gasteiger partial charge in [-0.25, -0.2) is 0 Å². The largest absolute Gasteiger partial charge is 0.543 e. The molecule has 0 spiro atoms. The predicted molar refractivity (Wildman–Crippen MR) is 99.6 cm³/mol. The molecule has 130 valence electrons. The van der Waals surface area contributed by atoms with Gasteiger partial charge in [0.05, 0.1) is 6.61 Å². The maximum atomic E-state index is 9.96. The fraction of sp³-hybridized carbons (Fsp3) is 0.684. The predicted octanol–water partition coefficient (Wildman–Crippen LogP) is 4.12. The van der Waals surface area contributed by atoms with Crippen molar-refractivity contribution in [1.29, 1.82) is 0 Å². The highest BCUT2D eigenvalue weighted by Gasteiger charge is 2.40. The molecule has 2 N–H and O–H groups in total. The van der Waals surface area contributed by atoms with E-state index in [1.54, 1.807) is 0 Å². The monoisotopic (exact) mass is 335 g/mol. The van der Waals surface area contributed by atoms with Crippen LogP contribution in [0.4, 0.5) is 0 Å². The zero-order chi connectivity index (χ0) is 17.1. The first kappa shape index (κ1) is 18.5. The molecule has 0 amide bonds. The van der Waals surface area contributed by atoms with Crippen molar-refractivity contribution in [2.75, 3.05) is 13.2 Å². The highest BCUT2D eigenvalue weighted by Crippen LogP contribution is 2.39. The molecule has 1 aliphatic rings. The van der Waals surface area contributed by atoms with Gasteiger partial charge in [-0.1, -0.05) is 45.4 Å². The molecule has 0 saturated carbocycles. The Bertz CT molecular complexity index is 516. The van der Waals surface area contributed by atoms with E-state index < -0.39 is 8.32 Å². The molecule has 23 heavy (non-hydrogen) atoms. The van der Waals surface area contributed by atoms with Crippen LogP contribution < -0.4 is 9.74 Å². The van der Waals surface area contributed by atoms with Crippen molar-refractivity contribution < 1.29 is 9.53 Å². The number of piperidine rings is 1. The zero-order valence-corrected chi connectivity index (χ0v) is 16.4. The Morgan fingerprint density at radius 2 is 1.91 bits per heavy atom. The van der Waals surface area contributed by atoms with E-state index in [0.29, 0.717) is 0 Å². The van der Waals surface area contributed by atoms with Crippen molar-refractivity contribution in [2.24, 2.45) is 0 Å². The third-order valence-corrected chi connectivity index (χ3v) is 9.90. The summed E-state index contributed by atoms with van der Waals surface area (Å²) in [6.45, 7) is 12.5. The number of rotatable bonds is 5. The van der Waals surface area contributed by atoms with E-state index in [1.807, 2.05) is 6.07 Å². The second kappa shape index (κ2) is 6.95. The Hall–Kier alpha value is -0.843. The summed E-state index contributed by atoms with van der Waals surface area (Å²) in [6, 6.07) is 8.35. The van der Waals surface area contributed by atoms with E-state index in [2.05, 4.69) is 57.4 Å². The van der Waals surface area contributed by atoms with Gasteiger partial charge in [-0.3, -0.25) is 0 Å². The molecule has 0 aliphatic carbocycles. The fourth-order valence-corrected chi connectivity index (χ4v) is 3.97. The van der Waals surface area contributed by atoms with Gasteiger partial charge in [-0.2, -0.15) is 0 Å². The van der Waals surface area contributed by atoms with Crippen LogP contribution in [0.1, 0.15) is 45.6 Å². The lowest BCUT2D eigenvalue weighted by Gasteiger charge is -2.39. The van der Waals surface area contributed by atoms with Crippen molar-refractivity contribution >= 4 is 8.32 Å². The summed E-state index contributed by atoms with van der Waals surface area (Å²) in [7, 11) is -1.86. The van der Waals surface area contributed by atoms with Gasteiger partial charge in [0, 0.05) is 5.54 Å². The molecule has 3 nitrogen and oxygen atoms in total. The number of benzene rings is 1. The molecule has 1 saturated heterocycles. The molecule has 4 heteroatoms. The lowest BCUT2D eigenvalue weighted by atomic mass is 9.83. The van der Waals surface area contributed by atoms with Crippen LogP contribution in [-0.2, 0) is 6.42 Å². The quantitative estimate of drug-likeness (QED) is 0.795. The van der Waals surface area contributed by atoms with Crippen LogP contribution in [0, 0.1) is 0 Å². The van der Waals surface area contributed by atoms with Crippen molar-refractivity contribution in [3.05, 3.63) is 29.8 Å². The van der Waals surface area contributed by atoms with E-state index in [0.717, 1.165) is 25.1 Å². The lowest BCUT2D eigenvalue weighted by Crippen LogP contribution is -2.53. The van der Waals surface area contributed by atoms with E-state index >= 15 is 0 Å². The molecule has 0 radical (unpaired) electrons. The minimum Gasteiger partial charge on any atom is -0.543 e. The first-order valence-corrected chi connectivity index (χ1v) is 11.7. The molecule has 1 fully saturated rings. The van der Waals surface area contributed by atoms with E-state index in [-0.39, 0.29) is 17.2 Å². The van der Waals surface area contributed by atoms with Gasteiger partial charge >= 0.3 is 0 Å². The van der Waals surface area contributed by atoms with Crippen LogP contribution in [0.25, 0.3) is 0 Å². The first-order chi connectivity index (χ1) is 10.7. The molecule has 0 bridgehead atoms. The van der Waals surface area contributed by atoms with Gasteiger partial charge in [0.1, 0.15) is 5.75 Å². The lowest BCUT2D eigenvalue weighted by molar-refractivity contribution is 0.131. The van der Waals surface area contributed by atoms with E-state index in [4.69, 9.17) is 4.43 Å². The summed E-state index contributed by atoms with van der Waals surface area (Å²) in [5.74, 6) is 0.999. The Labute approximate surface area is 142 Å². The SMILES string of the molecule is CC(C)(C)[Si](C)(C)Oc1ccccc1C[C@@]1(CO)CCCCN1. The number of para-hydroxylation sites is 1. The molecule has 0 unspecified atom stereocenters. The van der Waals surface area contributed by atoms with Gasteiger partial charge in [0.15, 0.2) is 0 Å². The first-order valence-electron chi connectivity index (χ1n) is 8.82. The second-order valence-corrected chi connectivity index (χ2v) is 13.2. The minimum absolute atomic E-state index is 0.178. The third kappa shape index (κ3) is 4.37. The van der Waals surface area contributed by atoms with Gasteiger partial charge in [0.2, 0.25) is 8.32 Å². The fourth-order valence-electron chi connectivity index (χ4n) is 2.91. The standard InChI is InChI=1S/C19H33NO2Si/c1-18(2,3)23(4,5)22-17-11-7-6-10-16(17)14-19(15-21)12-8-9-13-20-19/h6-7,10-11,20-21H,8-9,12-15H2,1-5H3/t19-/m1/s1. The summed E-state index contributed by atoms with van der Waals surface area (Å²) in [5.41, 5.74) is 1.02. The smallest absolute Gasteiger partial charge is 0.250 e. The highest BCUT2D eigenvalue weighted by atomic mass is 28.4. The van der Waals surface area contributed by atoms with Crippen molar-refractivity contribution in [3.8, 4) is 5.75 Å². The van der Waals surface area contributed by atoms with Crippen LogP contribution in [-0.4, -0.2) is 32.1 Å². The molecular formula is C19H33NO2Si. The minimum atomic E-state index is -1.86. The van der Waals surface area contributed by atoms with Crippen LogP contribution in [0.15, 0.2) is 24.3 Å². The zero-order valence-electron chi connectivity index (χ0n) is 15.4. The molecule has 2 rings (SSSR count). The number of nitrogens with one attached hydrogen (secondary N) is 1. The third-order valence-electron chi connectivity index (χ3n) is 5.56. The van der Waals surface area contributed by atoms with Crippen LogP contribution in [0.3, 0.4) is 0 Å². The van der Waals surface area contributed by atoms with Gasteiger partial charge < -0.3 is 14.8 Å². The molecule has 1 heterocycles. The molecule has 1 atom stereocenters. The summed E-state index contributed by atoms with van der Waals surface area (Å²) in [5, 5.41) is 13.7. The van der Waals surface area contributed by atoms with Crippen LogP contribution >= 0.6 is 0 Å². The maximum Gasteiger partial charge on any atom is 0.250 e. The summed E-state index contributed by atoms with van der Waals surface area (Å²) in [6.07, 6.45) is 4.23. The van der Waals surface area contributed by atoms with E-state index in [1.165, 1.54) is 18.4 Å². The molecule has 1 aliphatic heterocycles. The number of hydrogen-bond donors (Lipinski definition) is 2. The topological polar surface area (TPSA) is 41.5 Å². The number of hydrogen-bond acceptors (Lipinski definition) is 3. The maximum absolute atomic E-state index is 9.96. The average molecular weight is 336 g/mol. The summed E-state index contributed by atoms with van der Waals surface area (Å²) in [4.78, 5) is 0. The molecule has 0 aromatic heterocycles. The molecular weight excluding hydrogens is 302 g/mol. The highest BCUT2D eigenvalue weighted by molar-refractivity contribution is 6.74. The Balaban J connectivity index is 2.24. The van der Waals surface area contributed by atoms with Gasteiger partial charge in [-0.15, -0.1) is 0 Å². The van der Waals surface area contributed by atoms with Crippen molar-refractivity contribution in [3.63, 3.8) is 0 Å². The average Bonchev–Trinajstić information content (AvgIpc) is 2.49. The number of aliphatic hydroxyl groups is 1. The van der Waals surface area contributed by atoms with Crippen LogP contribution in [0.2, 0.25) is 18.1 Å². The molecule has 1 aromatic carbocycles. The number of aliphatic hydroxyl groups excluding tert-OH is 1. The Morgan fingerprint density at radius 1 is 1.22 bits per heavy atom. The van der Waals surface area contributed by atoms with Crippen molar-refractivity contribution in [2.45, 2.75) is 70.1 Å².